The molecule has 2 rings (SSSR count). The monoisotopic (exact) mass is 384 g/mol. The van der Waals surface area contributed by atoms with E-state index in [0.717, 1.165) is 32.8 Å². The third kappa shape index (κ3) is 3.45. The molecule has 0 spiro atoms. The van der Waals surface area contributed by atoms with Gasteiger partial charge in [0, 0.05) is 11.0 Å². The van der Waals surface area contributed by atoms with Gasteiger partial charge in [0.25, 0.3) is 0 Å². The Balaban J connectivity index is 2.30. The quantitative estimate of drug-likeness (QED) is 0.814. The van der Waals surface area contributed by atoms with Gasteiger partial charge in [0.2, 0.25) is 0 Å². The van der Waals surface area contributed by atoms with Crippen LogP contribution in [0.4, 0.5) is 17.3 Å². The van der Waals surface area contributed by atoms with Gasteiger partial charge in [-0.25, -0.2) is 9.97 Å². The highest BCUT2D eigenvalue weighted by Gasteiger charge is 2.09. The lowest BCUT2D eigenvalue weighted by atomic mass is 10.2. The number of nitrogens with one attached hydrogen (secondary N) is 2. The summed E-state index contributed by atoms with van der Waals surface area (Å²) in [5.41, 5.74) is 2.17. The summed E-state index contributed by atoms with van der Waals surface area (Å²) in [6, 6.07) is 6.12. The molecule has 6 heteroatoms. The highest BCUT2D eigenvalue weighted by molar-refractivity contribution is 9.11. The molecular formula is C13H14Br2N4. The summed E-state index contributed by atoms with van der Waals surface area (Å²) in [5.74, 6) is 1.51. The summed E-state index contributed by atoms with van der Waals surface area (Å²) in [4.78, 5) is 8.44. The first-order valence-corrected chi connectivity index (χ1v) is 7.48. The van der Waals surface area contributed by atoms with Crippen molar-refractivity contribution in [3.63, 3.8) is 0 Å². The first kappa shape index (κ1) is 14.3. The number of hydrogen-bond donors (Lipinski definition) is 2. The van der Waals surface area contributed by atoms with E-state index in [9.17, 15) is 0 Å². The second-order valence-electron chi connectivity index (χ2n) is 4.02. The number of aromatic nitrogens is 2. The van der Waals surface area contributed by atoms with Crippen molar-refractivity contribution in [2.75, 3.05) is 17.2 Å². The molecule has 4 nitrogen and oxygen atoms in total. The molecule has 0 aliphatic carbocycles. The first-order chi connectivity index (χ1) is 9.11. The van der Waals surface area contributed by atoms with Crippen molar-refractivity contribution >= 4 is 49.2 Å². The maximum Gasteiger partial charge on any atom is 0.150 e. The molecule has 0 radical (unpaired) electrons. The summed E-state index contributed by atoms with van der Waals surface area (Å²) in [6.07, 6.45) is 1.53. The maximum atomic E-state index is 4.25. The van der Waals surface area contributed by atoms with Crippen molar-refractivity contribution < 1.29 is 0 Å². The summed E-state index contributed by atoms with van der Waals surface area (Å²) >= 11 is 7.06. The molecule has 0 unspecified atom stereocenters. The molecule has 1 aromatic heterocycles. The van der Waals surface area contributed by atoms with Crippen molar-refractivity contribution in [2.45, 2.75) is 13.8 Å². The van der Waals surface area contributed by atoms with Crippen molar-refractivity contribution in [2.24, 2.45) is 0 Å². The highest BCUT2D eigenvalue weighted by Crippen LogP contribution is 2.32. The number of anilines is 3. The van der Waals surface area contributed by atoms with Gasteiger partial charge in [-0.3, -0.25) is 0 Å². The minimum absolute atomic E-state index is 0.732. The van der Waals surface area contributed by atoms with Crippen LogP contribution in [0.3, 0.4) is 0 Å². The average molecular weight is 386 g/mol. The lowest BCUT2D eigenvalue weighted by molar-refractivity contribution is 1.10. The van der Waals surface area contributed by atoms with E-state index < -0.39 is 0 Å². The Bertz CT molecular complexity index is 587. The van der Waals surface area contributed by atoms with E-state index in [0.29, 0.717) is 0 Å². The highest BCUT2D eigenvalue weighted by atomic mass is 79.9. The molecule has 1 aromatic carbocycles. The van der Waals surface area contributed by atoms with Crippen LogP contribution in [0, 0.1) is 6.92 Å². The van der Waals surface area contributed by atoms with Crippen molar-refractivity contribution in [1.29, 1.82) is 0 Å². The zero-order chi connectivity index (χ0) is 13.8. The molecule has 0 atom stereocenters. The smallest absolute Gasteiger partial charge is 0.150 e. The predicted molar refractivity (Wildman–Crippen MR) is 86.1 cm³/mol. The Hall–Kier alpha value is -1.14. The molecule has 0 saturated carbocycles. The van der Waals surface area contributed by atoms with E-state index in [1.165, 1.54) is 11.9 Å². The van der Waals surface area contributed by atoms with Crippen LogP contribution in [-0.4, -0.2) is 16.5 Å². The topological polar surface area (TPSA) is 49.8 Å². The lowest BCUT2D eigenvalue weighted by Gasteiger charge is -2.12. The number of halogens is 2. The Morgan fingerprint density at radius 3 is 2.58 bits per heavy atom. The average Bonchev–Trinajstić information content (AvgIpc) is 2.37. The van der Waals surface area contributed by atoms with E-state index in [4.69, 9.17) is 0 Å². The molecule has 0 amide bonds. The summed E-state index contributed by atoms with van der Waals surface area (Å²) in [7, 11) is 0. The standard InChI is InChI=1S/C13H14Br2N4/c1-3-16-12-11(15)13(18-7-17-12)19-10-5-4-8(2)6-9(10)14/h4-7H,3H2,1-2H3,(H2,16,17,18,19). The van der Waals surface area contributed by atoms with E-state index in [1.54, 1.807) is 0 Å². The molecule has 2 aromatic rings. The molecule has 19 heavy (non-hydrogen) atoms. The Morgan fingerprint density at radius 1 is 1.16 bits per heavy atom. The van der Waals surface area contributed by atoms with Gasteiger partial charge < -0.3 is 10.6 Å². The lowest BCUT2D eigenvalue weighted by Crippen LogP contribution is -2.04. The first-order valence-electron chi connectivity index (χ1n) is 5.89. The molecule has 0 aliphatic heterocycles. The summed E-state index contributed by atoms with van der Waals surface area (Å²) in [5, 5.41) is 6.46. The second kappa shape index (κ2) is 6.34. The van der Waals surface area contributed by atoms with Gasteiger partial charge in [-0.1, -0.05) is 6.07 Å². The zero-order valence-electron chi connectivity index (χ0n) is 10.7. The predicted octanol–water partition coefficient (Wildman–Crippen LogP) is 4.49. The molecule has 0 fully saturated rings. The van der Waals surface area contributed by atoms with Crippen molar-refractivity contribution in [3.8, 4) is 0 Å². The maximum absolute atomic E-state index is 4.25. The molecule has 100 valence electrons. The Labute approximate surface area is 129 Å². The van der Waals surface area contributed by atoms with Crippen LogP contribution in [0.2, 0.25) is 0 Å². The number of hydrogen-bond acceptors (Lipinski definition) is 4. The normalized spacial score (nSPS) is 10.3. The minimum Gasteiger partial charge on any atom is -0.369 e. The number of nitrogens with zero attached hydrogens (tertiary/aromatic N) is 2. The van der Waals surface area contributed by atoms with Crippen LogP contribution >= 0.6 is 31.9 Å². The van der Waals surface area contributed by atoms with E-state index in [-0.39, 0.29) is 0 Å². The molecule has 2 N–H and O–H groups in total. The molecule has 0 saturated heterocycles. The Morgan fingerprint density at radius 2 is 1.89 bits per heavy atom. The van der Waals surface area contributed by atoms with Crippen LogP contribution in [0.25, 0.3) is 0 Å². The van der Waals surface area contributed by atoms with Gasteiger partial charge in [-0.05, 0) is 63.4 Å². The van der Waals surface area contributed by atoms with Gasteiger partial charge >= 0.3 is 0 Å². The van der Waals surface area contributed by atoms with Gasteiger partial charge in [-0.2, -0.15) is 0 Å². The fraction of sp³-hybridized carbons (Fsp3) is 0.231. The van der Waals surface area contributed by atoms with Crippen molar-refractivity contribution in [3.05, 3.63) is 39.0 Å². The van der Waals surface area contributed by atoms with Crippen LogP contribution in [0.5, 0.6) is 0 Å². The minimum atomic E-state index is 0.732. The fourth-order valence-corrected chi connectivity index (χ4v) is 2.63. The zero-order valence-corrected chi connectivity index (χ0v) is 13.8. The third-order valence-electron chi connectivity index (χ3n) is 2.51. The van der Waals surface area contributed by atoms with Crippen LogP contribution in [0.15, 0.2) is 33.5 Å². The number of aryl methyl sites for hydroxylation is 1. The molecule has 0 bridgehead atoms. The van der Waals surface area contributed by atoms with Crippen LogP contribution < -0.4 is 10.6 Å². The van der Waals surface area contributed by atoms with Crippen LogP contribution in [-0.2, 0) is 0 Å². The van der Waals surface area contributed by atoms with Crippen LogP contribution in [0.1, 0.15) is 12.5 Å². The molecular weight excluding hydrogens is 372 g/mol. The van der Waals surface area contributed by atoms with E-state index >= 15 is 0 Å². The number of benzene rings is 1. The second-order valence-corrected chi connectivity index (χ2v) is 5.67. The van der Waals surface area contributed by atoms with Gasteiger partial charge in [0.1, 0.15) is 22.4 Å². The molecule has 1 heterocycles. The largest absolute Gasteiger partial charge is 0.369 e. The third-order valence-corrected chi connectivity index (χ3v) is 3.92. The summed E-state index contributed by atoms with van der Waals surface area (Å²) < 4.78 is 1.83. The van der Waals surface area contributed by atoms with Gasteiger partial charge in [0.05, 0.1) is 5.69 Å². The fourth-order valence-electron chi connectivity index (χ4n) is 1.60. The van der Waals surface area contributed by atoms with Gasteiger partial charge in [-0.15, -0.1) is 0 Å². The summed E-state index contributed by atoms with van der Waals surface area (Å²) in [6.45, 7) is 4.89. The van der Waals surface area contributed by atoms with Crippen molar-refractivity contribution in [1.82, 2.24) is 9.97 Å². The van der Waals surface area contributed by atoms with E-state index in [1.807, 2.05) is 19.1 Å². The Kier molecular flexibility index (Phi) is 4.76. The SMILES string of the molecule is CCNc1ncnc(Nc2ccc(C)cc2Br)c1Br. The van der Waals surface area contributed by atoms with E-state index in [2.05, 4.69) is 65.5 Å². The molecule has 0 aliphatic rings. The van der Waals surface area contributed by atoms with Gasteiger partial charge in [0.15, 0.2) is 0 Å². The number of rotatable bonds is 4.